The van der Waals surface area contributed by atoms with Crippen LogP contribution in [0, 0.1) is 11.8 Å². The number of ether oxygens (including phenoxy) is 2. The summed E-state index contributed by atoms with van der Waals surface area (Å²) in [7, 11) is 1.65. The van der Waals surface area contributed by atoms with E-state index in [1.54, 1.807) is 7.11 Å². The largest absolute Gasteiger partial charge is 0.497 e. The van der Waals surface area contributed by atoms with Crippen LogP contribution in [0.4, 0.5) is 0 Å². The SMILES string of the molecule is COc1ccc(C#CCOCC=C(C)C)cc1. The highest BCUT2D eigenvalue weighted by Gasteiger charge is 1.89. The standard InChI is InChI=1S/C15H18O2/c1-13(2)10-12-17-11-4-5-14-6-8-15(16-3)9-7-14/h6-10H,11-12H2,1-3H3. The molecule has 0 saturated heterocycles. The van der Waals surface area contributed by atoms with Crippen LogP contribution in [0.3, 0.4) is 0 Å². The van der Waals surface area contributed by atoms with Crippen molar-refractivity contribution in [3.8, 4) is 17.6 Å². The smallest absolute Gasteiger partial charge is 0.118 e. The Kier molecular flexibility index (Phi) is 5.92. The fourth-order valence-electron chi connectivity index (χ4n) is 1.15. The van der Waals surface area contributed by atoms with Crippen LogP contribution in [0.2, 0.25) is 0 Å². The lowest BCUT2D eigenvalue weighted by atomic mass is 10.2. The van der Waals surface area contributed by atoms with Crippen molar-refractivity contribution in [1.82, 2.24) is 0 Å². The Bertz CT molecular complexity index is 414. The van der Waals surface area contributed by atoms with Gasteiger partial charge in [-0.3, -0.25) is 0 Å². The van der Waals surface area contributed by atoms with Crippen molar-refractivity contribution in [3.63, 3.8) is 0 Å². The third-order valence-electron chi connectivity index (χ3n) is 2.11. The highest BCUT2D eigenvalue weighted by molar-refractivity contribution is 5.38. The molecule has 0 bridgehead atoms. The van der Waals surface area contributed by atoms with Crippen LogP contribution in [-0.2, 0) is 4.74 Å². The van der Waals surface area contributed by atoms with E-state index in [9.17, 15) is 0 Å². The quantitative estimate of drug-likeness (QED) is 0.449. The Balaban J connectivity index is 2.36. The van der Waals surface area contributed by atoms with Crippen LogP contribution < -0.4 is 4.74 Å². The van der Waals surface area contributed by atoms with Gasteiger partial charge in [0, 0.05) is 5.56 Å². The van der Waals surface area contributed by atoms with Gasteiger partial charge in [0.2, 0.25) is 0 Å². The van der Waals surface area contributed by atoms with E-state index < -0.39 is 0 Å². The molecule has 0 amide bonds. The first-order valence-corrected chi connectivity index (χ1v) is 5.56. The molecule has 1 rings (SSSR count). The molecular weight excluding hydrogens is 212 g/mol. The topological polar surface area (TPSA) is 18.5 Å². The minimum atomic E-state index is 0.454. The minimum absolute atomic E-state index is 0.454. The molecule has 2 heteroatoms. The fraction of sp³-hybridized carbons (Fsp3) is 0.333. The lowest BCUT2D eigenvalue weighted by Crippen LogP contribution is -1.91. The molecule has 17 heavy (non-hydrogen) atoms. The molecule has 0 aliphatic rings. The molecule has 0 heterocycles. The first-order chi connectivity index (χ1) is 8.22. The van der Waals surface area contributed by atoms with Crippen molar-refractivity contribution in [2.24, 2.45) is 0 Å². The number of benzene rings is 1. The first-order valence-electron chi connectivity index (χ1n) is 5.56. The lowest BCUT2D eigenvalue weighted by molar-refractivity contribution is 0.199. The lowest BCUT2D eigenvalue weighted by Gasteiger charge is -1.97. The Morgan fingerprint density at radius 2 is 1.94 bits per heavy atom. The second-order valence-electron chi connectivity index (χ2n) is 3.83. The summed E-state index contributed by atoms with van der Waals surface area (Å²) in [6.07, 6.45) is 2.04. The zero-order valence-electron chi connectivity index (χ0n) is 10.6. The van der Waals surface area contributed by atoms with Crippen LogP contribution in [0.5, 0.6) is 5.75 Å². The zero-order valence-corrected chi connectivity index (χ0v) is 10.6. The van der Waals surface area contributed by atoms with Crippen LogP contribution >= 0.6 is 0 Å². The minimum Gasteiger partial charge on any atom is -0.497 e. The Hall–Kier alpha value is -1.72. The van der Waals surface area contributed by atoms with E-state index in [0.717, 1.165) is 11.3 Å². The summed E-state index contributed by atoms with van der Waals surface area (Å²) in [6, 6.07) is 7.66. The molecule has 90 valence electrons. The maximum Gasteiger partial charge on any atom is 0.118 e. The maximum atomic E-state index is 5.34. The summed E-state index contributed by atoms with van der Waals surface area (Å²) >= 11 is 0. The normalized spacial score (nSPS) is 9.12. The molecule has 0 atom stereocenters. The van der Waals surface area contributed by atoms with Crippen LogP contribution in [0.25, 0.3) is 0 Å². The second kappa shape index (κ2) is 7.54. The molecule has 0 unspecified atom stereocenters. The van der Waals surface area contributed by atoms with Crippen molar-refractivity contribution in [2.75, 3.05) is 20.3 Å². The molecule has 1 aromatic rings. The van der Waals surface area contributed by atoms with Gasteiger partial charge in [-0.15, -0.1) is 0 Å². The van der Waals surface area contributed by atoms with Gasteiger partial charge in [0.25, 0.3) is 0 Å². The van der Waals surface area contributed by atoms with Crippen LogP contribution in [0.15, 0.2) is 35.9 Å². The Morgan fingerprint density at radius 1 is 1.24 bits per heavy atom. The molecule has 0 saturated carbocycles. The highest BCUT2D eigenvalue weighted by Crippen LogP contribution is 2.09. The number of rotatable bonds is 4. The number of methoxy groups -OCH3 is 1. The van der Waals surface area contributed by atoms with Crippen LogP contribution in [0.1, 0.15) is 19.4 Å². The molecule has 0 aliphatic carbocycles. The van der Waals surface area contributed by atoms with E-state index in [1.165, 1.54) is 5.57 Å². The van der Waals surface area contributed by atoms with Crippen molar-refractivity contribution >= 4 is 0 Å². The molecular formula is C15H18O2. The Labute approximate surface area is 103 Å². The fourth-order valence-corrected chi connectivity index (χ4v) is 1.15. The molecule has 0 N–H and O–H groups in total. The maximum absolute atomic E-state index is 5.34. The molecule has 0 spiro atoms. The monoisotopic (exact) mass is 230 g/mol. The first kappa shape index (κ1) is 13.3. The average molecular weight is 230 g/mol. The summed E-state index contributed by atoms with van der Waals surface area (Å²) in [4.78, 5) is 0. The summed E-state index contributed by atoms with van der Waals surface area (Å²) in [5, 5.41) is 0. The predicted octanol–water partition coefficient (Wildman–Crippen LogP) is 3.03. The molecule has 2 nitrogen and oxygen atoms in total. The number of allylic oxidation sites excluding steroid dienone is 1. The van der Waals surface area contributed by atoms with Crippen molar-refractivity contribution in [2.45, 2.75) is 13.8 Å². The summed E-state index contributed by atoms with van der Waals surface area (Å²) in [6.45, 7) is 5.17. The van der Waals surface area contributed by atoms with Gasteiger partial charge in [0.05, 0.1) is 13.7 Å². The average Bonchev–Trinajstić information content (AvgIpc) is 2.34. The van der Waals surface area contributed by atoms with Gasteiger partial charge in [-0.05, 0) is 38.1 Å². The van der Waals surface area contributed by atoms with E-state index in [-0.39, 0.29) is 0 Å². The third-order valence-corrected chi connectivity index (χ3v) is 2.11. The third kappa shape index (κ3) is 5.79. The number of hydrogen-bond acceptors (Lipinski definition) is 2. The van der Waals surface area contributed by atoms with Gasteiger partial charge in [-0.1, -0.05) is 23.5 Å². The van der Waals surface area contributed by atoms with E-state index in [4.69, 9.17) is 9.47 Å². The van der Waals surface area contributed by atoms with Gasteiger partial charge in [0.15, 0.2) is 0 Å². The van der Waals surface area contributed by atoms with E-state index in [1.807, 2.05) is 44.2 Å². The zero-order chi connectivity index (χ0) is 12.5. The van der Waals surface area contributed by atoms with Gasteiger partial charge >= 0.3 is 0 Å². The van der Waals surface area contributed by atoms with Gasteiger partial charge < -0.3 is 9.47 Å². The van der Waals surface area contributed by atoms with Gasteiger partial charge in [-0.2, -0.15) is 0 Å². The van der Waals surface area contributed by atoms with Crippen molar-refractivity contribution < 1.29 is 9.47 Å². The van der Waals surface area contributed by atoms with Crippen molar-refractivity contribution in [1.29, 1.82) is 0 Å². The molecule has 0 radical (unpaired) electrons. The Morgan fingerprint density at radius 3 is 2.53 bits per heavy atom. The molecule has 0 aromatic heterocycles. The number of hydrogen-bond donors (Lipinski definition) is 0. The summed E-state index contributed by atoms with van der Waals surface area (Å²) in [5.74, 6) is 6.85. The summed E-state index contributed by atoms with van der Waals surface area (Å²) in [5.41, 5.74) is 2.23. The molecule has 0 aliphatic heterocycles. The van der Waals surface area contributed by atoms with Crippen molar-refractivity contribution in [3.05, 3.63) is 41.5 Å². The van der Waals surface area contributed by atoms with E-state index in [2.05, 4.69) is 11.8 Å². The predicted molar refractivity (Wildman–Crippen MR) is 70.1 cm³/mol. The van der Waals surface area contributed by atoms with E-state index >= 15 is 0 Å². The summed E-state index contributed by atoms with van der Waals surface area (Å²) < 4.78 is 10.4. The van der Waals surface area contributed by atoms with Gasteiger partial charge in [0.1, 0.15) is 12.4 Å². The van der Waals surface area contributed by atoms with Crippen LogP contribution in [-0.4, -0.2) is 20.3 Å². The second-order valence-corrected chi connectivity index (χ2v) is 3.83. The molecule has 1 aromatic carbocycles. The van der Waals surface area contributed by atoms with Gasteiger partial charge in [-0.25, -0.2) is 0 Å². The highest BCUT2D eigenvalue weighted by atomic mass is 16.5. The molecule has 0 fully saturated rings. The van der Waals surface area contributed by atoms with E-state index in [0.29, 0.717) is 13.2 Å².